The first-order chi connectivity index (χ1) is 14.0. The summed E-state index contributed by atoms with van der Waals surface area (Å²) in [7, 11) is 0. The van der Waals surface area contributed by atoms with E-state index in [1.807, 2.05) is 24.3 Å². The molecule has 29 heavy (non-hydrogen) atoms. The molecule has 1 fully saturated rings. The molecule has 6 N–H and O–H groups in total. The SMILES string of the molecule is Nc1ccc2ccc(C[C@H]3C[C@@H](N4CCc5c(N)ncnc54)[C@H](O)[C@@H]3O)cc2n1. The van der Waals surface area contributed by atoms with Gasteiger partial charge in [0.15, 0.2) is 0 Å². The maximum atomic E-state index is 10.8. The number of hydrogen-bond acceptors (Lipinski definition) is 8. The van der Waals surface area contributed by atoms with E-state index in [9.17, 15) is 10.2 Å². The topological polar surface area (TPSA) is 134 Å². The van der Waals surface area contributed by atoms with Crippen molar-refractivity contribution in [1.29, 1.82) is 0 Å². The standard InChI is InChI=1S/C21H24N6O2/c22-17-4-3-12-2-1-11(8-15(12)26-17)7-13-9-16(19(29)18(13)28)27-6-5-14-20(23)24-10-25-21(14)27/h1-4,8,10,13,16,18-19,28-29H,5-7,9H2,(H2,22,26)(H2,23,24,25)/t13-,16+,18+,19-/m0/s1. The fourth-order valence-corrected chi connectivity index (χ4v) is 4.78. The quantitative estimate of drug-likeness (QED) is 0.517. The van der Waals surface area contributed by atoms with Crippen LogP contribution >= 0.6 is 0 Å². The summed E-state index contributed by atoms with van der Waals surface area (Å²) in [6.45, 7) is 0.721. The molecule has 0 spiro atoms. The molecule has 0 unspecified atom stereocenters. The number of benzene rings is 1. The summed E-state index contributed by atoms with van der Waals surface area (Å²) in [5, 5.41) is 22.5. The van der Waals surface area contributed by atoms with Crippen LogP contribution in [0.25, 0.3) is 10.9 Å². The normalized spacial score (nSPS) is 26.2. The molecule has 1 aliphatic carbocycles. The van der Waals surface area contributed by atoms with Crippen LogP contribution < -0.4 is 16.4 Å². The molecule has 2 aromatic heterocycles. The highest BCUT2D eigenvalue weighted by Gasteiger charge is 2.46. The number of aliphatic hydroxyl groups excluding tert-OH is 2. The van der Waals surface area contributed by atoms with E-state index in [2.05, 4.69) is 19.9 Å². The van der Waals surface area contributed by atoms with Crippen LogP contribution in [0.1, 0.15) is 17.5 Å². The van der Waals surface area contributed by atoms with Crippen LogP contribution in [0.4, 0.5) is 17.5 Å². The Kier molecular flexibility index (Phi) is 4.25. The number of anilines is 3. The third-order valence-electron chi connectivity index (χ3n) is 6.28. The number of nitrogens with zero attached hydrogens (tertiary/aromatic N) is 4. The number of aromatic nitrogens is 3. The Bertz CT molecular complexity index is 1070. The molecule has 8 nitrogen and oxygen atoms in total. The molecule has 3 heterocycles. The van der Waals surface area contributed by atoms with Gasteiger partial charge in [-0.1, -0.05) is 12.1 Å². The lowest BCUT2D eigenvalue weighted by Crippen LogP contribution is -2.43. The van der Waals surface area contributed by atoms with Crippen LogP contribution in [0, 0.1) is 5.92 Å². The van der Waals surface area contributed by atoms with Gasteiger partial charge in [0.05, 0.1) is 17.7 Å². The zero-order chi connectivity index (χ0) is 20.1. The highest BCUT2D eigenvalue weighted by atomic mass is 16.3. The minimum absolute atomic E-state index is 0.0586. The van der Waals surface area contributed by atoms with E-state index in [1.165, 1.54) is 6.33 Å². The Morgan fingerprint density at radius 1 is 1.07 bits per heavy atom. The Labute approximate surface area is 168 Å². The first kappa shape index (κ1) is 18.1. The van der Waals surface area contributed by atoms with Gasteiger partial charge in [-0.3, -0.25) is 0 Å². The predicted molar refractivity (Wildman–Crippen MR) is 111 cm³/mol. The fourth-order valence-electron chi connectivity index (χ4n) is 4.78. The number of rotatable bonds is 3. The van der Waals surface area contributed by atoms with E-state index in [1.54, 1.807) is 6.07 Å². The van der Waals surface area contributed by atoms with E-state index in [-0.39, 0.29) is 12.0 Å². The van der Waals surface area contributed by atoms with Crippen molar-refractivity contribution in [2.24, 2.45) is 5.92 Å². The molecule has 1 saturated carbocycles. The Hall–Kier alpha value is -2.97. The first-order valence-corrected chi connectivity index (χ1v) is 9.88. The summed E-state index contributed by atoms with van der Waals surface area (Å²) in [6.07, 6.45) is 1.91. The Morgan fingerprint density at radius 3 is 2.76 bits per heavy atom. The number of hydrogen-bond donors (Lipinski definition) is 4. The van der Waals surface area contributed by atoms with E-state index >= 15 is 0 Å². The number of aliphatic hydroxyl groups is 2. The molecule has 0 amide bonds. The largest absolute Gasteiger partial charge is 0.390 e. The van der Waals surface area contributed by atoms with Gasteiger partial charge in [0, 0.05) is 17.5 Å². The van der Waals surface area contributed by atoms with E-state index in [0.29, 0.717) is 24.5 Å². The van der Waals surface area contributed by atoms with Gasteiger partial charge in [-0.2, -0.15) is 0 Å². The molecule has 0 bridgehead atoms. The number of pyridine rings is 1. The average Bonchev–Trinajstić information content (AvgIpc) is 3.25. The van der Waals surface area contributed by atoms with Crippen molar-refractivity contribution in [3.8, 4) is 0 Å². The molecular weight excluding hydrogens is 368 g/mol. The van der Waals surface area contributed by atoms with Crippen molar-refractivity contribution in [2.45, 2.75) is 37.5 Å². The molecule has 3 aromatic rings. The summed E-state index contributed by atoms with van der Waals surface area (Å²) in [4.78, 5) is 14.9. The zero-order valence-electron chi connectivity index (χ0n) is 15.9. The third kappa shape index (κ3) is 3.04. The summed E-state index contributed by atoms with van der Waals surface area (Å²) in [5.41, 5.74) is 14.6. The molecule has 4 atom stereocenters. The minimum atomic E-state index is -0.837. The summed E-state index contributed by atoms with van der Waals surface area (Å²) < 4.78 is 0. The minimum Gasteiger partial charge on any atom is -0.390 e. The van der Waals surface area contributed by atoms with Crippen LogP contribution in [0.15, 0.2) is 36.7 Å². The van der Waals surface area contributed by atoms with Crippen molar-refractivity contribution in [1.82, 2.24) is 15.0 Å². The lowest BCUT2D eigenvalue weighted by Gasteiger charge is -2.28. The smallest absolute Gasteiger partial charge is 0.137 e. The second kappa shape index (κ2) is 6.82. The summed E-state index contributed by atoms with van der Waals surface area (Å²) >= 11 is 0. The van der Waals surface area contributed by atoms with E-state index in [4.69, 9.17) is 11.5 Å². The summed E-state index contributed by atoms with van der Waals surface area (Å²) in [6, 6.07) is 9.61. The van der Waals surface area contributed by atoms with Crippen LogP contribution in [-0.4, -0.2) is 50.0 Å². The van der Waals surface area contributed by atoms with E-state index < -0.39 is 12.2 Å². The average molecular weight is 392 g/mol. The van der Waals surface area contributed by atoms with Crippen molar-refractivity contribution < 1.29 is 10.2 Å². The molecule has 0 radical (unpaired) electrons. The highest BCUT2D eigenvalue weighted by molar-refractivity contribution is 5.80. The molecule has 1 aliphatic heterocycles. The number of fused-ring (bicyclic) bond motifs is 2. The summed E-state index contributed by atoms with van der Waals surface area (Å²) in [5.74, 6) is 1.70. The van der Waals surface area contributed by atoms with Gasteiger partial charge in [-0.05, 0) is 48.9 Å². The maximum Gasteiger partial charge on any atom is 0.137 e. The molecule has 1 aromatic carbocycles. The molecule has 150 valence electrons. The number of nitrogen functional groups attached to an aromatic ring is 2. The highest BCUT2D eigenvalue weighted by Crippen LogP contribution is 2.39. The zero-order valence-corrected chi connectivity index (χ0v) is 15.9. The monoisotopic (exact) mass is 392 g/mol. The lowest BCUT2D eigenvalue weighted by atomic mass is 9.95. The lowest BCUT2D eigenvalue weighted by molar-refractivity contribution is 0.0147. The van der Waals surface area contributed by atoms with Crippen LogP contribution in [0.2, 0.25) is 0 Å². The van der Waals surface area contributed by atoms with Crippen LogP contribution in [-0.2, 0) is 12.8 Å². The Balaban J connectivity index is 1.38. The van der Waals surface area contributed by atoms with Crippen LogP contribution in [0.3, 0.4) is 0 Å². The Morgan fingerprint density at radius 2 is 1.90 bits per heavy atom. The molecule has 5 rings (SSSR count). The van der Waals surface area contributed by atoms with Crippen molar-refractivity contribution in [2.75, 3.05) is 22.9 Å². The second-order valence-corrected chi connectivity index (χ2v) is 8.02. The van der Waals surface area contributed by atoms with Gasteiger partial charge < -0.3 is 26.6 Å². The third-order valence-corrected chi connectivity index (χ3v) is 6.28. The van der Waals surface area contributed by atoms with Gasteiger partial charge in [-0.15, -0.1) is 0 Å². The first-order valence-electron chi connectivity index (χ1n) is 9.88. The van der Waals surface area contributed by atoms with Crippen molar-refractivity contribution in [3.05, 3.63) is 47.8 Å². The second-order valence-electron chi connectivity index (χ2n) is 8.02. The van der Waals surface area contributed by atoms with Gasteiger partial charge in [-0.25, -0.2) is 15.0 Å². The molecule has 2 aliphatic rings. The molecular formula is C21H24N6O2. The maximum absolute atomic E-state index is 10.8. The molecule has 8 heteroatoms. The van der Waals surface area contributed by atoms with Crippen LogP contribution in [0.5, 0.6) is 0 Å². The van der Waals surface area contributed by atoms with E-state index in [0.717, 1.165) is 40.8 Å². The van der Waals surface area contributed by atoms with Crippen molar-refractivity contribution in [3.63, 3.8) is 0 Å². The van der Waals surface area contributed by atoms with Gasteiger partial charge in [0.1, 0.15) is 29.9 Å². The predicted octanol–water partition coefficient (Wildman–Crippen LogP) is 0.905. The fraction of sp³-hybridized carbons (Fsp3) is 0.381. The number of nitrogens with two attached hydrogens (primary N) is 2. The van der Waals surface area contributed by atoms with Gasteiger partial charge in [0.25, 0.3) is 0 Å². The van der Waals surface area contributed by atoms with Gasteiger partial charge in [0.2, 0.25) is 0 Å². The van der Waals surface area contributed by atoms with Gasteiger partial charge >= 0.3 is 0 Å². The van der Waals surface area contributed by atoms with Crippen molar-refractivity contribution >= 4 is 28.4 Å². The molecule has 0 saturated heterocycles.